The molecule has 0 unspecified atom stereocenters. The van der Waals surface area contributed by atoms with Crippen molar-refractivity contribution in [3.05, 3.63) is 52.6 Å². The van der Waals surface area contributed by atoms with Crippen molar-refractivity contribution < 1.29 is 9.18 Å². The monoisotopic (exact) mass is 365 g/mol. The van der Waals surface area contributed by atoms with Crippen LogP contribution in [0.5, 0.6) is 0 Å². The standard InChI is InChI=1S/C15H15ClFN5O.C2H6/c16-12-6-10(17)2-3-11(12)15(4-1-5-15)21-14-19-7-9(8-20-14)13(23)22-18;1-2/h2-3,6-8H,1,4-5,18H2,(H,22,23)(H,19,20,21);1-2H3. The van der Waals surface area contributed by atoms with Crippen LogP contribution in [0, 0.1) is 5.82 Å². The minimum Gasteiger partial charge on any atom is -0.345 e. The van der Waals surface area contributed by atoms with Crippen molar-refractivity contribution in [2.75, 3.05) is 5.32 Å². The number of nitrogens with zero attached hydrogens (tertiary/aromatic N) is 2. The molecule has 25 heavy (non-hydrogen) atoms. The van der Waals surface area contributed by atoms with Crippen LogP contribution in [0.3, 0.4) is 0 Å². The molecule has 0 aliphatic heterocycles. The van der Waals surface area contributed by atoms with Gasteiger partial charge in [-0.1, -0.05) is 31.5 Å². The molecule has 1 heterocycles. The van der Waals surface area contributed by atoms with Gasteiger partial charge in [0.15, 0.2) is 0 Å². The highest BCUT2D eigenvalue weighted by Gasteiger charge is 2.40. The van der Waals surface area contributed by atoms with E-state index in [-0.39, 0.29) is 11.4 Å². The molecule has 0 spiro atoms. The number of carbonyl (C=O) groups is 1. The Morgan fingerprint density at radius 3 is 2.40 bits per heavy atom. The summed E-state index contributed by atoms with van der Waals surface area (Å²) in [5.41, 5.74) is 2.69. The van der Waals surface area contributed by atoms with E-state index < -0.39 is 11.4 Å². The van der Waals surface area contributed by atoms with E-state index >= 15 is 0 Å². The summed E-state index contributed by atoms with van der Waals surface area (Å²) >= 11 is 6.19. The molecule has 134 valence electrons. The Kier molecular flexibility index (Phi) is 6.27. The number of nitrogens with two attached hydrogens (primary N) is 1. The molecule has 0 radical (unpaired) electrons. The van der Waals surface area contributed by atoms with Crippen molar-refractivity contribution in [1.29, 1.82) is 0 Å². The Morgan fingerprint density at radius 2 is 1.92 bits per heavy atom. The molecule has 1 saturated carbocycles. The molecule has 1 aromatic heterocycles. The van der Waals surface area contributed by atoms with Crippen molar-refractivity contribution in [2.24, 2.45) is 5.84 Å². The van der Waals surface area contributed by atoms with Crippen LogP contribution in [0.25, 0.3) is 0 Å². The number of anilines is 1. The van der Waals surface area contributed by atoms with Crippen LogP contribution < -0.4 is 16.6 Å². The number of rotatable bonds is 4. The Hall–Kier alpha value is -2.25. The Bertz CT molecular complexity index is 734. The van der Waals surface area contributed by atoms with E-state index in [1.807, 2.05) is 19.3 Å². The average Bonchev–Trinajstić information content (AvgIpc) is 2.60. The third-order valence-corrected chi connectivity index (χ3v) is 4.36. The van der Waals surface area contributed by atoms with Gasteiger partial charge in [-0.25, -0.2) is 20.2 Å². The Morgan fingerprint density at radius 1 is 1.28 bits per heavy atom. The van der Waals surface area contributed by atoms with Gasteiger partial charge >= 0.3 is 0 Å². The molecule has 3 rings (SSSR count). The van der Waals surface area contributed by atoms with Gasteiger partial charge in [-0.3, -0.25) is 10.2 Å². The van der Waals surface area contributed by atoms with E-state index in [1.54, 1.807) is 6.07 Å². The third kappa shape index (κ3) is 4.05. The first-order valence-corrected chi connectivity index (χ1v) is 8.48. The maximum Gasteiger partial charge on any atom is 0.268 e. The van der Waals surface area contributed by atoms with Crippen molar-refractivity contribution in [1.82, 2.24) is 15.4 Å². The SMILES string of the molecule is CC.NNC(=O)c1cnc(NC2(c3ccc(F)cc3Cl)CCC2)nc1. The molecule has 0 atom stereocenters. The first-order chi connectivity index (χ1) is 12.0. The van der Waals surface area contributed by atoms with Crippen LogP contribution in [-0.4, -0.2) is 15.9 Å². The number of benzene rings is 1. The van der Waals surface area contributed by atoms with E-state index in [9.17, 15) is 9.18 Å². The van der Waals surface area contributed by atoms with E-state index in [4.69, 9.17) is 17.4 Å². The molecule has 0 bridgehead atoms. The van der Waals surface area contributed by atoms with Gasteiger partial charge in [-0.05, 0) is 37.0 Å². The van der Waals surface area contributed by atoms with Crippen LogP contribution in [0.15, 0.2) is 30.6 Å². The highest BCUT2D eigenvalue weighted by Crippen LogP contribution is 2.46. The summed E-state index contributed by atoms with van der Waals surface area (Å²) in [4.78, 5) is 19.6. The second-order valence-corrected chi connectivity index (χ2v) is 5.86. The molecule has 1 fully saturated rings. The number of nitrogen functional groups attached to an aromatic ring is 1. The van der Waals surface area contributed by atoms with Gasteiger partial charge < -0.3 is 5.32 Å². The molecule has 2 aromatic rings. The van der Waals surface area contributed by atoms with Gasteiger partial charge in [0.1, 0.15) is 5.82 Å². The first kappa shape index (κ1) is 19.1. The maximum absolute atomic E-state index is 13.3. The number of aromatic nitrogens is 2. The Labute approximate surface area is 151 Å². The smallest absolute Gasteiger partial charge is 0.268 e. The fourth-order valence-corrected chi connectivity index (χ4v) is 3.02. The average molecular weight is 366 g/mol. The second kappa shape index (κ2) is 8.22. The summed E-state index contributed by atoms with van der Waals surface area (Å²) in [5, 5.41) is 3.63. The van der Waals surface area contributed by atoms with Gasteiger partial charge in [0, 0.05) is 17.4 Å². The highest BCUT2D eigenvalue weighted by atomic mass is 35.5. The normalized spacial score (nSPS) is 14.6. The Balaban J connectivity index is 0.00000109. The number of nitrogens with one attached hydrogen (secondary N) is 2. The quantitative estimate of drug-likeness (QED) is 0.438. The molecule has 8 heteroatoms. The van der Waals surface area contributed by atoms with Crippen molar-refractivity contribution in [3.8, 4) is 0 Å². The zero-order chi connectivity index (χ0) is 18.4. The molecule has 1 aliphatic carbocycles. The summed E-state index contributed by atoms with van der Waals surface area (Å²) in [6, 6.07) is 4.37. The fourth-order valence-electron chi connectivity index (χ4n) is 2.68. The number of carbonyl (C=O) groups excluding carboxylic acids is 1. The maximum atomic E-state index is 13.3. The van der Waals surface area contributed by atoms with E-state index in [2.05, 4.69) is 15.3 Å². The topological polar surface area (TPSA) is 92.9 Å². The fraction of sp³-hybridized carbons (Fsp3) is 0.353. The van der Waals surface area contributed by atoms with E-state index in [0.29, 0.717) is 11.0 Å². The lowest BCUT2D eigenvalue weighted by molar-refractivity contribution is 0.0953. The molecule has 0 saturated heterocycles. The minimum absolute atomic E-state index is 0.264. The number of amides is 1. The predicted molar refractivity (Wildman–Crippen MR) is 95.6 cm³/mol. The zero-order valence-corrected chi connectivity index (χ0v) is 14.9. The third-order valence-electron chi connectivity index (χ3n) is 4.05. The molecule has 4 N–H and O–H groups in total. The summed E-state index contributed by atoms with van der Waals surface area (Å²) in [6.45, 7) is 4.00. The molecule has 1 aliphatic rings. The van der Waals surface area contributed by atoms with Gasteiger partial charge in [-0.15, -0.1) is 0 Å². The largest absolute Gasteiger partial charge is 0.345 e. The molecular formula is C17H21ClFN5O. The zero-order valence-electron chi connectivity index (χ0n) is 14.1. The van der Waals surface area contributed by atoms with E-state index in [0.717, 1.165) is 24.8 Å². The predicted octanol–water partition coefficient (Wildman–Crippen LogP) is 3.39. The summed E-state index contributed by atoms with van der Waals surface area (Å²) in [7, 11) is 0. The van der Waals surface area contributed by atoms with Crippen molar-refractivity contribution >= 4 is 23.5 Å². The van der Waals surface area contributed by atoms with Gasteiger partial charge in [-0.2, -0.15) is 0 Å². The first-order valence-electron chi connectivity index (χ1n) is 8.11. The van der Waals surface area contributed by atoms with Gasteiger partial charge in [0.2, 0.25) is 5.95 Å². The van der Waals surface area contributed by atoms with Gasteiger partial charge in [0.25, 0.3) is 5.91 Å². The van der Waals surface area contributed by atoms with Crippen molar-refractivity contribution in [3.63, 3.8) is 0 Å². The highest BCUT2D eigenvalue weighted by molar-refractivity contribution is 6.31. The molecule has 6 nitrogen and oxygen atoms in total. The number of hydrazine groups is 1. The van der Waals surface area contributed by atoms with Crippen LogP contribution >= 0.6 is 11.6 Å². The van der Waals surface area contributed by atoms with E-state index in [1.165, 1.54) is 24.5 Å². The van der Waals surface area contributed by atoms with Gasteiger partial charge in [0.05, 0.1) is 11.1 Å². The molecular weight excluding hydrogens is 345 g/mol. The second-order valence-electron chi connectivity index (χ2n) is 5.45. The summed E-state index contributed by atoms with van der Waals surface area (Å²) in [6.07, 6.45) is 5.47. The van der Waals surface area contributed by atoms with Crippen LogP contribution in [0.2, 0.25) is 5.02 Å². The summed E-state index contributed by atoms with van der Waals surface area (Å²) in [5.74, 6) is 4.60. The molecule has 1 amide bonds. The molecule has 1 aromatic carbocycles. The van der Waals surface area contributed by atoms with Crippen LogP contribution in [0.1, 0.15) is 49.0 Å². The lowest BCUT2D eigenvalue weighted by atomic mass is 9.72. The van der Waals surface area contributed by atoms with Crippen molar-refractivity contribution in [2.45, 2.75) is 38.6 Å². The number of hydrogen-bond donors (Lipinski definition) is 3. The minimum atomic E-state index is -0.462. The van der Waals surface area contributed by atoms with Crippen LogP contribution in [0.4, 0.5) is 10.3 Å². The lowest BCUT2D eigenvalue weighted by Gasteiger charge is -2.43. The van der Waals surface area contributed by atoms with Crippen LogP contribution in [-0.2, 0) is 5.54 Å². The lowest BCUT2D eigenvalue weighted by Crippen LogP contribution is -2.43. The number of hydrogen-bond acceptors (Lipinski definition) is 5. The number of halogens is 2. The summed E-state index contributed by atoms with van der Waals surface area (Å²) < 4.78 is 13.3.